The fourth-order valence-electron chi connectivity index (χ4n) is 2.88. The molecule has 1 saturated carbocycles. The van der Waals surface area contributed by atoms with E-state index in [2.05, 4.69) is 38.8 Å². The van der Waals surface area contributed by atoms with Crippen LogP contribution in [0.15, 0.2) is 14.3 Å². The van der Waals surface area contributed by atoms with E-state index in [0.717, 1.165) is 31.9 Å². The van der Waals surface area contributed by atoms with Crippen molar-refractivity contribution in [2.45, 2.75) is 51.9 Å². The first-order valence-corrected chi connectivity index (χ1v) is 9.51. The summed E-state index contributed by atoms with van der Waals surface area (Å²) in [5.74, 6) is 1.48. The number of ketones is 1. The highest BCUT2D eigenvalue weighted by atomic mass is 79.9. The molecule has 0 atom stereocenters. The minimum absolute atomic E-state index is 0.260. The van der Waals surface area contributed by atoms with Crippen LogP contribution in [0.25, 0.3) is 0 Å². The van der Waals surface area contributed by atoms with Crippen molar-refractivity contribution in [3.8, 4) is 0 Å². The topological polar surface area (TPSA) is 17.1 Å². The predicted octanol–water partition coefficient (Wildman–Crippen LogP) is 6.45. The monoisotopic (exact) mass is 406 g/mol. The molecule has 2 rings (SSSR count). The Morgan fingerprint density at radius 3 is 2.53 bits per heavy atom. The summed E-state index contributed by atoms with van der Waals surface area (Å²) in [6, 6.07) is 1.96. The highest BCUT2D eigenvalue weighted by Gasteiger charge is 2.27. The van der Waals surface area contributed by atoms with E-state index in [1.165, 1.54) is 32.1 Å². The van der Waals surface area contributed by atoms with Gasteiger partial charge in [0.15, 0.2) is 5.78 Å². The molecular formula is C15H20Br2OS. The van der Waals surface area contributed by atoms with E-state index in [9.17, 15) is 4.79 Å². The average molecular weight is 408 g/mol. The van der Waals surface area contributed by atoms with Crippen molar-refractivity contribution in [2.75, 3.05) is 0 Å². The molecule has 1 aliphatic rings. The lowest BCUT2D eigenvalue weighted by Crippen LogP contribution is -2.21. The standard InChI is InChI=1S/C15H20Br2OS/c1-2-3-4-10-5-7-11(8-6-10)14(18)13-9-12(16)15(17)19-13/h9-11H,2-8H2,1H3. The molecule has 0 N–H and O–H groups in total. The number of unbranched alkanes of at least 4 members (excludes halogenated alkanes) is 1. The van der Waals surface area contributed by atoms with Gasteiger partial charge in [-0.2, -0.15) is 0 Å². The molecule has 1 heterocycles. The minimum atomic E-state index is 0.260. The van der Waals surface area contributed by atoms with Gasteiger partial charge in [-0.05, 0) is 69.5 Å². The third-order valence-corrected chi connectivity index (χ3v) is 7.34. The van der Waals surface area contributed by atoms with E-state index in [0.29, 0.717) is 5.78 Å². The maximum atomic E-state index is 12.5. The first-order chi connectivity index (χ1) is 9.11. The van der Waals surface area contributed by atoms with Crippen LogP contribution in [0.2, 0.25) is 0 Å². The number of halogens is 2. The molecule has 4 heteroatoms. The molecule has 0 aliphatic heterocycles. The summed E-state index contributed by atoms with van der Waals surface area (Å²) in [5.41, 5.74) is 0. The van der Waals surface area contributed by atoms with Crippen LogP contribution in [-0.4, -0.2) is 5.78 Å². The molecular weight excluding hydrogens is 388 g/mol. The van der Waals surface area contributed by atoms with Crippen molar-refractivity contribution in [2.24, 2.45) is 11.8 Å². The first kappa shape index (κ1) is 15.7. The van der Waals surface area contributed by atoms with Crippen molar-refractivity contribution < 1.29 is 4.79 Å². The van der Waals surface area contributed by atoms with Gasteiger partial charge in [-0.15, -0.1) is 11.3 Å². The van der Waals surface area contributed by atoms with Crippen LogP contribution >= 0.6 is 43.2 Å². The lowest BCUT2D eigenvalue weighted by Gasteiger charge is -2.27. The lowest BCUT2D eigenvalue weighted by molar-refractivity contribution is 0.0873. The highest BCUT2D eigenvalue weighted by molar-refractivity contribution is 9.13. The van der Waals surface area contributed by atoms with Crippen LogP contribution in [0.3, 0.4) is 0 Å². The van der Waals surface area contributed by atoms with Gasteiger partial charge in [-0.25, -0.2) is 0 Å². The minimum Gasteiger partial charge on any atom is -0.293 e. The molecule has 0 spiro atoms. The summed E-state index contributed by atoms with van der Waals surface area (Å²) in [5, 5.41) is 0. The normalized spacial score (nSPS) is 23.5. The quantitative estimate of drug-likeness (QED) is 0.512. The molecule has 0 radical (unpaired) electrons. The lowest BCUT2D eigenvalue weighted by atomic mass is 9.78. The van der Waals surface area contributed by atoms with Gasteiger partial charge >= 0.3 is 0 Å². The molecule has 106 valence electrons. The van der Waals surface area contributed by atoms with Gasteiger partial charge in [-0.1, -0.05) is 26.2 Å². The van der Waals surface area contributed by atoms with E-state index in [4.69, 9.17) is 0 Å². The Morgan fingerprint density at radius 1 is 1.32 bits per heavy atom. The van der Waals surface area contributed by atoms with Crippen LogP contribution in [-0.2, 0) is 0 Å². The SMILES string of the molecule is CCCCC1CCC(C(=O)c2cc(Br)c(Br)s2)CC1. The number of hydrogen-bond acceptors (Lipinski definition) is 2. The van der Waals surface area contributed by atoms with Crippen LogP contribution in [0.4, 0.5) is 0 Å². The average Bonchev–Trinajstić information content (AvgIpc) is 2.76. The predicted molar refractivity (Wildman–Crippen MR) is 89.0 cm³/mol. The zero-order valence-corrected chi connectivity index (χ0v) is 15.2. The number of hydrogen-bond donors (Lipinski definition) is 0. The van der Waals surface area contributed by atoms with Gasteiger partial charge in [0.1, 0.15) is 0 Å². The van der Waals surface area contributed by atoms with Gasteiger partial charge in [0.05, 0.1) is 8.66 Å². The molecule has 1 nitrogen and oxygen atoms in total. The Hall–Kier alpha value is 0.330. The Kier molecular flexibility index (Phi) is 6.10. The van der Waals surface area contributed by atoms with Crippen molar-refractivity contribution >= 4 is 49.0 Å². The van der Waals surface area contributed by atoms with Crippen molar-refractivity contribution in [1.29, 1.82) is 0 Å². The summed E-state index contributed by atoms with van der Waals surface area (Å²) in [7, 11) is 0. The molecule has 19 heavy (non-hydrogen) atoms. The molecule has 1 fully saturated rings. The molecule has 0 bridgehead atoms. The summed E-state index contributed by atoms with van der Waals surface area (Å²) < 4.78 is 2.02. The highest BCUT2D eigenvalue weighted by Crippen LogP contribution is 2.38. The second-order valence-corrected chi connectivity index (χ2v) is 8.68. The summed E-state index contributed by atoms with van der Waals surface area (Å²) in [4.78, 5) is 13.4. The van der Waals surface area contributed by atoms with E-state index in [1.807, 2.05) is 6.07 Å². The number of rotatable bonds is 5. The summed E-state index contributed by atoms with van der Waals surface area (Å²) in [6.07, 6.45) is 8.63. The zero-order valence-electron chi connectivity index (χ0n) is 11.3. The van der Waals surface area contributed by atoms with Crippen LogP contribution in [0.1, 0.15) is 61.5 Å². The summed E-state index contributed by atoms with van der Waals surface area (Å²) >= 11 is 8.47. The van der Waals surface area contributed by atoms with Crippen molar-refractivity contribution in [1.82, 2.24) is 0 Å². The fourth-order valence-corrected chi connectivity index (χ4v) is 4.93. The van der Waals surface area contributed by atoms with Crippen LogP contribution in [0, 0.1) is 11.8 Å². The number of Topliss-reactive ketones (excluding diaryl/α,β-unsaturated/α-hetero) is 1. The molecule has 0 amide bonds. The molecule has 1 aromatic heterocycles. The van der Waals surface area contributed by atoms with Gasteiger partial charge in [0.2, 0.25) is 0 Å². The van der Waals surface area contributed by atoms with E-state index in [1.54, 1.807) is 11.3 Å². The maximum Gasteiger partial charge on any atom is 0.175 e. The van der Waals surface area contributed by atoms with Gasteiger partial charge < -0.3 is 0 Å². The molecule has 1 aromatic rings. The number of thiophene rings is 1. The van der Waals surface area contributed by atoms with E-state index < -0.39 is 0 Å². The third-order valence-electron chi connectivity index (χ3n) is 4.07. The third kappa shape index (κ3) is 4.15. The number of carbonyl (C=O) groups excluding carboxylic acids is 1. The smallest absolute Gasteiger partial charge is 0.175 e. The van der Waals surface area contributed by atoms with Crippen molar-refractivity contribution in [3.63, 3.8) is 0 Å². The Labute approximate surface area is 136 Å². The fraction of sp³-hybridized carbons (Fsp3) is 0.667. The molecule has 0 unspecified atom stereocenters. The summed E-state index contributed by atoms with van der Waals surface area (Å²) in [6.45, 7) is 2.25. The van der Waals surface area contributed by atoms with E-state index >= 15 is 0 Å². The Bertz CT molecular complexity index is 414. The largest absolute Gasteiger partial charge is 0.293 e. The number of carbonyl (C=O) groups is 1. The van der Waals surface area contributed by atoms with Crippen LogP contribution < -0.4 is 0 Å². The molecule has 0 saturated heterocycles. The van der Waals surface area contributed by atoms with E-state index in [-0.39, 0.29) is 5.92 Å². The Balaban J connectivity index is 1.89. The first-order valence-electron chi connectivity index (χ1n) is 7.10. The van der Waals surface area contributed by atoms with Gasteiger partial charge in [-0.3, -0.25) is 4.79 Å². The Morgan fingerprint density at radius 2 is 2.00 bits per heavy atom. The second kappa shape index (κ2) is 7.37. The van der Waals surface area contributed by atoms with Gasteiger partial charge in [0, 0.05) is 10.4 Å². The molecule has 1 aliphatic carbocycles. The molecule has 0 aromatic carbocycles. The van der Waals surface area contributed by atoms with Gasteiger partial charge in [0.25, 0.3) is 0 Å². The second-order valence-electron chi connectivity index (χ2n) is 5.46. The van der Waals surface area contributed by atoms with Crippen molar-refractivity contribution in [3.05, 3.63) is 19.2 Å². The van der Waals surface area contributed by atoms with Crippen LogP contribution in [0.5, 0.6) is 0 Å². The zero-order chi connectivity index (χ0) is 13.8. The maximum absolute atomic E-state index is 12.5.